The summed E-state index contributed by atoms with van der Waals surface area (Å²) in [5, 5.41) is 13.4. The van der Waals surface area contributed by atoms with Crippen molar-refractivity contribution in [3.8, 4) is 5.75 Å². The Bertz CT molecular complexity index is 911. The van der Waals surface area contributed by atoms with Crippen molar-refractivity contribution in [1.29, 1.82) is 0 Å². The Morgan fingerprint density at radius 3 is 2.58 bits per heavy atom. The van der Waals surface area contributed by atoms with Crippen LogP contribution in [0.1, 0.15) is 43.0 Å². The Labute approximate surface area is 163 Å². The fourth-order valence-electron chi connectivity index (χ4n) is 3.08. The summed E-state index contributed by atoms with van der Waals surface area (Å²) < 4.78 is 0. The van der Waals surface area contributed by atoms with E-state index in [0.29, 0.717) is 11.5 Å². The number of phenolic OH excluding ortho intramolecular Hbond substituents is 1. The lowest BCUT2D eigenvalue weighted by Gasteiger charge is -2.21. The second kappa shape index (κ2) is 6.98. The van der Waals surface area contributed by atoms with Crippen LogP contribution in [-0.4, -0.2) is 16.9 Å². The fraction of sp³-hybridized carbons (Fsp3) is 0.286. The van der Waals surface area contributed by atoms with Gasteiger partial charge >= 0.3 is 0 Å². The molecule has 1 aliphatic rings. The molecule has 5 heteroatoms. The first-order valence-electron chi connectivity index (χ1n) is 8.46. The van der Waals surface area contributed by atoms with Crippen LogP contribution >= 0.6 is 23.2 Å². The number of phenols is 1. The molecule has 2 aromatic rings. The number of carbonyl (C=O) groups is 1. The van der Waals surface area contributed by atoms with E-state index in [2.05, 4.69) is 5.32 Å². The minimum absolute atomic E-state index is 0.0852. The van der Waals surface area contributed by atoms with Crippen LogP contribution in [0.2, 0.25) is 5.02 Å². The Morgan fingerprint density at radius 1 is 1.19 bits per heavy atom. The number of carbonyl (C=O) groups excluding carboxylic acids is 1. The molecule has 3 rings (SSSR count). The lowest BCUT2D eigenvalue weighted by Crippen LogP contribution is -2.11. The molecular weight excluding hydrogens is 369 g/mol. The highest BCUT2D eigenvalue weighted by Crippen LogP contribution is 2.39. The molecule has 1 amide bonds. The third kappa shape index (κ3) is 3.60. The first kappa shape index (κ1) is 18.8. The molecule has 0 aromatic heterocycles. The van der Waals surface area contributed by atoms with Crippen LogP contribution in [-0.2, 0) is 16.6 Å². The highest BCUT2D eigenvalue weighted by atomic mass is 35.5. The minimum Gasteiger partial charge on any atom is -0.506 e. The number of halogens is 2. The van der Waals surface area contributed by atoms with Crippen molar-refractivity contribution in [2.45, 2.75) is 32.6 Å². The molecule has 0 saturated carbocycles. The van der Waals surface area contributed by atoms with Crippen LogP contribution in [0.5, 0.6) is 5.75 Å². The van der Waals surface area contributed by atoms with Gasteiger partial charge in [0, 0.05) is 28.3 Å². The highest BCUT2D eigenvalue weighted by molar-refractivity contribution is 6.35. The van der Waals surface area contributed by atoms with Gasteiger partial charge in [-0.2, -0.15) is 0 Å². The van der Waals surface area contributed by atoms with Gasteiger partial charge in [0.25, 0.3) is 5.91 Å². The van der Waals surface area contributed by atoms with Crippen LogP contribution in [0.15, 0.2) is 30.3 Å². The van der Waals surface area contributed by atoms with E-state index in [9.17, 15) is 9.90 Å². The highest BCUT2D eigenvalue weighted by Gasteiger charge is 2.25. The Kier molecular flexibility index (Phi) is 5.05. The zero-order valence-electron chi connectivity index (χ0n) is 15.0. The van der Waals surface area contributed by atoms with E-state index < -0.39 is 0 Å². The fourth-order valence-corrected chi connectivity index (χ4v) is 3.53. The molecular formula is C21H21Cl2NO2. The van der Waals surface area contributed by atoms with Gasteiger partial charge in [-0.15, -0.1) is 11.6 Å². The summed E-state index contributed by atoms with van der Waals surface area (Å²) in [5.41, 5.74) is 4.56. The summed E-state index contributed by atoms with van der Waals surface area (Å²) in [5.74, 6) is 0.466. The molecule has 1 heterocycles. The molecule has 0 fully saturated rings. The molecule has 0 bridgehead atoms. The Morgan fingerprint density at radius 2 is 1.92 bits per heavy atom. The predicted octanol–water partition coefficient (Wildman–Crippen LogP) is 5.62. The summed E-state index contributed by atoms with van der Waals surface area (Å²) in [4.78, 5) is 12.5. The maximum Gasteiger partial charge on any atom is 0.256 e. The van der Waals surface area contributed by atoms with Crippen molar-refractivity contribution in [3.05, 3.63) is 57.6 Å². The van der Waals surface area contributed by atoms with Crippen molar-refractivity contribution in [3.63, 3.8) is 0 Å². The molecule has 0 unspecified atom stereocenters. The number of aryl methyl sites for hydroxylation is 1. The third-order valence-electron chi connectivity index (χ3n) is 4.45. The second-order valence-corrected chi connectivity index (χ2v) is 8.27. The molecule has 0 radical (unpaired) electrons. The number of nitrogens with one attached hydrogen (secondary N) is 1. The molecule has 2 aromatic carbocycles. The van der Waals surface area contributed by atoms with Crippen molar-refractivity contribution < 1.29 is 9.90 Å². The van der Waals surface area contributed by atoms with E-state index in [4.69, 9.17) is 23.2 Å². The molecule has 0 spiro atoms. The molecule has 0 aliphatic carbocycles. The van der Waals surface area contributed by atoms with Crippen LogP contribution in [0, 0.1) is 0 Å². The Hall–Kier alpha value is -1.97. The van der Waals surface area contributed by atoms with Crippen molar-refractivity contribution >= 4 is 46.4 Å². The van der Waals surface area contributed by atoms with E-state index in [1.165, 1.54) is 0 Å². The quantitative estimate of drug-likeness (QED) is 0.528. The van der Waals surface area contributed by atoms with E-state index >= 15 is 0 Å². The van der Waals surface area contributed by atoms with E-state index in [0.717, 1.165) is 34.4 Å². The summed E-state index contributed by atoms with van der Waals surface area (Å²) in [6.07, 6.45) is 2.56. The largest absolute Gasteiger partial charge is 0.506 e. The molecule has 1 aliphatic heterocycles. The maximum atomic E-state index is 12.5. The summed E-state index contributed by atoms with van der Waals surface area (Å²) in [7, 11) is 0. The number of anilines is 1. The number of benzene rings is 2. The predicted molar refractivity (Wildman–Crippen MR) is 109 cm³/mol. The number of fused-ring (bicyclic) bond motifs is 1. The van der Waals surface area contributed by atoms with Gasteiger partial charge in [-0.25, -0.2) is 0 Å². The first-order chi connectivity index (χ1) is 12.2. The van der Waals surface area contributed by atoms with Gasteiger partial charge in [0.15, 0.2) is 0 Å². The van der Waals surface area contributed by atoms with Gasteiger partial charge in [0.05, 0.1) is 5.02 Å². The summed E-state index contributed by atoms with van der Waals surface area (Å²) in [6, 6.07) is 9.42. The lowest BCUT2D eigenvalue weighted by atomic mass is 9.85. The van der Waals surface area contributed by atoms with E-state index in [-0.39, 0.29) is 22.1 Å². The first-order valence-corrected chi connectivity index (χ1v) is 9.37. The average Bonchev–Trinajstić information content (AvgIpc) is 2.85. The third-order valence-corrected chi connectivity index (χ3v) is 4.93. The van der Waals surface area contributed by atoms with Gasteiger partial charge < -0.3 is 10.4 Å². The monoisotopic (exact) mass is 389 g/mol. The SMILES string of the molecule is CC(C)(C)c1cc(C=C2C(=O)Nc3ccc(CCCl)cc32)cc(Cl)c1O. The van der Waals surface area contributed by atoms with Crippen LogP contribution in [0.25, 0.3) is 11.6 Å². The smallest absolute Gasteiger partial charge is 0.256 e. The van der Waals surface area contributed by atoms with Crippen molar-refractivity contribution in [2.75, 3.05) is 11.2 Å². The molecule has 26 heavy (non-hydrogen) atoms. The summed E-state index contributed by atoms with van der Waals surface area (Å²) in [6.45, 7) is 6.02. The summed E-state index contributed by atoms with van der Waals surface area (Å²) >= 11 is 12.1. The topological polar surface area (TPSA) is 49.3 Å². The number of hydrogen-bond donors (Lipinski definition) is 2. The lowest BCUT2D eigenvalue weighted by molar-refractivity contribution is -0.110. The minimum atomic E-state index is -0.272. The van der Waals surface area contributed by atoms with Crippen LogP contribution in [0.4, 0.5) is 5.69 Å². The number of alkyl halides is 1. The van der Waals surface area contributed by atoms with E-state index in [1.54, 1.807) is 6.07 Å². The van der Waals surface area contributed by atoms with Gasteiger partial charge in [-0.3, -0.25) is 4.79 Å². The standard InChI is InChI=1S/C21H21Cl2NO2/c1-21(2,3)16-10-13(11-17(23)19(16)25)9-15-14-8-12(6-7-22)4-5-18(14)24-20(15)26/h4-5,8-11,25H,6-7H2,1-3H3,(H,24,26). The number of hydrogen-bond acceptors (Lipinski definition) is 2. The average molecular weight is 390 g/mol. The number of aromatic hydroxyl groups is 1. The van der Waals surface area contributed by atoms with Crippen LogP contribution in [0.3, 0.4) is 0 Å². The normalized spacial score (nSPS) is 15.3. The Balaban J connectivity index is 2.11. The van der Waals surface area contributed by atoms with Crippen molar-refractivity contribution in [1.82, 2.24) is 0 Å². The van der Waals surface area contributed by atoms with Gasteiger partial charge in [-0.05, 0) is 53.3 Å². The van der Waals surface area contributed by atoms with Crippen molar-refractivity contribution in [2.24, 2.45) is 0 Å². The number of amides is 1. The maximum absolute atomic E-state index is 12.5. The second-order valence-electron chi connectivity index (χ2n) is 7.48. The molecule has 0 saturated heterocycles. The van der Waals surface area contributed by atoms with Gasteiger partial charge in [0.1, 0.15) is 5.75 Å². The molecule has 0 atom stereocenters. The van der Waals surface area contributed by atoms with Gasteiger partial charge in [-0.1, -0.05) is 38.4 Å². The molecule has 2 N–H and O–H groups in total. The van der Waals surface area contributed by atoms with Crippen LogP contribution < -0.4 is 5.32 Å². The molecule has 3 nitrogen and oxygen atoms in total. The zero-order chi connectivity index (χ0) is 19.1. The van der Waals surface area contributed by atoms with E-state index in [1.807, 2.05) is 51.1 Å². The zero-order valence-corrected chi connectivity index (χ0v) is 16.5. The van der Waals surface area contributed by atoms with Gasteiger partial charge in [0.2, 0.25) is 0 Å². The molecule has 136 valence electrons. The number of rotatable bonds is 3.